The van der Waals surface area contributed by atoms with Crippen LogP contribution in [0.25, 0.3) is 0 Å². The number of hydrogen-bond acceptors (Lipinski definition) is 2. The summed E-state index contributed by atoms with van der Waals surface area (Å²) in [5.74, 6) is 0.571. The molecule has 0 saturated carbocycles. The lowest BCUT2D eigenvalue weighted by Crippen LogP contribution is -2.15. The summed E-state index contributed by atoms with van der Waals surface area (Å²) in [7, 11) is 1.62. The van der Waals surface area contributed by atoms with Crippen molar-refractivity contribution in [3.05, 3.63) is 24.0 Å². The van der Waals surface area contributed by atoms with Crippen LogP contribution in [-0.4, -0.2) is 18.3 Å². The average molecular weight is 168 g/mol. The molecule has 0 fully saturated rings. The predicted octanol–water partition coefficient (Wildman–Crippen LogP) is 1.86. The van der Waals surface area contributed by atoms with Crippen molar-refractivity contribution in [2.75, 3.05) is 7.11 Å². The standard InChI is InChI=1S/C10H16O2/c1-8-5-9(3-4-12-2)7-10(11)6-8/h3-4,7-8,10-11H,5-6H2,1-2H3/b4-3+/t8-,10+/m0/s1. The van der Waals surface area contributed by atoms with Gasteiger partial charge in [0.25, 0.3) is 0 Å². The molecule has 0 aromatic heterocycles. The first kappa shape index (κ1) is 9.33. The number of aliphatic hydroxyl groups excluding tert-OH is 1. The SMILES string of the molecule is CO/C=C/C1=C[C@H](O)C[C@@H](C)C1. The highest BCUT2D eigenvalue weighted by Gasteiger charge is 2.15. The Labute approximate surface area is 73.5 Å². The van der Waals surface area contributed by atoms with E-state index in [1.54, 1.807) is 13.4 Å². The van der Waals surface area contributed by atoms with Crippen molar-refractivity contribution in [3.8, 4) is 0 Å². The number of aliphatic hydroxyl groups is 1. The Morgan fingerprint density at radius 1 is 1.67 bits per heavy atom. The summed E-state index contributed by atoms with van der Waals surface area (Å²) in [6, 6.07) is 0. The Bertz CT molecular complexity index is 194. The minimum Gasteiger partial charge on any atom is -0.504 e. The average Bonchev–Trinajstić information content (AvgIpc) is 1.99. The number of methoxy groups -OCH3 is 1. The predicted molar refractivity (Wildman–Crippen MR) is 48.6 cm³/mol. The van der Waals surface area contributed by atoms with Gasteiger partial charge in [-0.3, -0.25) is 0 Å². The third kappa shape index (κ3) is 2.70. The Kier molecular flexibility index (Phi) is 3.35. The van der Waals surface area contributed by atoms with Crippen LogP contribution in [0.5, 0.6) is 0 Å². The molecule has 1 rings (SSSR count). The molecule has 0 unspecified atom stereocenters. The Morgan fingerprint density at radius 2 is 2.42 bits per heavy atom. The summed E-state index contributed by atoms with van der Waals surface area (Å²) >= 11 is 0. The van der Waals surface area contributed by atoms with Crippen LogP contribution in [0.4, 0.5) is 0 Å². The number of rotatable bonds is 2. The topological polar surface area (TPSA) is 29.5 Å². The van der Waals surface area contributed by atoms with Crippen molar-refractivity contribution in [1.29, 1.82) is 0 Å². The zero-order valence-electron chi connectivity index (χ0n) is 7.66. The molecule has 1 aliphatic rings. The number of hydrogen-bond donors (Lipinski definition) is 1. The smallest absolute Gasteiger partial charge is 0.0827 e. The van der Waals surface area contributed by atoms with Gasteiger partial charge in [0.05, 0.1) is 19.5 Å². The maximum absolute atomic E-state index is 9.40. The lowest BCUT2D eigenvalue weighted by atomic mass is 9.89. The van der Waals surface area contributed by atoms with Gasteiger partial charge in [-0.1, -0.05) is 13.0 Å². The minimum absolute atomic E-state index is 0.273. The van der Waals surface area contributed by atoms with Gasteiger partial charge in [-0.05, 0) is 30.4 Å². The van der Waals surface area contributed by atoms with Crippen LogP contribution >= 0.6 is 0 Å². The maximum atomic E-state index is 9.40. The minimum atomic E-state index is -0.273. The van der Waals surface area contributed by atoms with Crippen molar-refractivity contribution in [2.45, 2.75) is 25.9 Å². The summed E-state index contributed by atoms with van der Waals surface area (Å²) in [6.07, 6.45) is 7.11. The van der Waals surface area contributed by atoms with Crippen LogP contribution in [-0.2, 0) is 4.74 Å². The van der Waals surface area contributed by atoms with Crippen LogP contribution in [0.2, 0.25) is 0 Å². The second-order valence-electron chi connectivity index (χ2n) is 3.39. The van der Waals surface area contributed by atoms with E-state index in [0.29, 0.717) is 5.92 Å². The molecule has 2 atom stereocenters. The largest absolute Gasteiger partial charge is 0.504 e. The molecule has 0 saturated heterocycles. The molecule has 12 heavy (non-hydrogen) atoms. The fourth-order valence-electron chi connectivity index (χ4n) is 1.56. The van der Waals surface area contributed by atoms with E-state index in [4.69, 9.17) is 4.74 Å². The highest BCUT2D eigenvalue weighted by atomic mass is 16.5. The summed E-state index contributed by atoms with van der Waals surface area (Å²) in [5, 5.41) is 9.40. The summed E-state index contributed by atoms with van der Waals surface area (Å²) < 4.78 is 4.81. The van der Waals surface area contributed by atoms with E-state index in [1.807, 2.05) is 12.2 Å². The van der Waals surface area contributed by atoms with Gasteiger partial charge in [-0.25, -0.2) is 0 Å². The van der Waals surface area contributed by atoms with Crippen molar-refractivity contribution in [3.63, 3.8) is 0 Å². The molecule has 1 N–H and O–H groups in total. The van der Waals surface area contributed by atoms with E-state index >= 15 is 0 Å². The number of ether oxygens (including phenoxy) is 1. The molecule has 2 nitrogen and oxygen atoms in total. The van der Waals surface area contributed by atoms with Crippen LogP contribution in [0.3, 0.4) is 0 Å². The van der Waals surface area contributed by atoms with Gasteiger partial charge in [0, 0.05) is 0 Å². The zero-order chi connectivity index (χ0) is 8.97. The van der Waals surface area contributed by atoms with Crippen LogP contribution < -0.4 is 0 Å². The van der Waals surface area contributed by atoms with Gasteiger partial charge in [0.15, 0.2) is 0 Å². The molecule has 0 heterocycles. The van der Waals surface area contributed by atoms with Gasteiger partial charge in [-0.2, -0.15) is 0 Å². The molecule has 0 aromatic rings. The molecular weight excluding hydrogens is 152 g/mol. The molecule has 68 valence electrons. The molecule has 0 spiro atoms. The van der Waals surface area contributed by atoms with E-state index in [9.17, 15) is 5.11 Å². The lowest BCUT2D eigenvalue weighted by Gasteiger charge is -2.20. The van der Waals surface area contributed by atoms with Gasteiger partial charge in [0.2, 0.25) is 0 Å². The third-order valence-electron chi connectivity index (χ3n) is 2.05. The highest BCUT2D eigenvalue weighted by Crippen LogP contribution is 2.24. The first-order valence-corrected chi connectivity index (χ1v) is 4.30. The molecule has 0 bridgehead atoms. The molecular formula is C10H16O2. The van der Waals surface area contributed by atoms with Crippen molar-refractivity contribution >= 4 is 0 Å². The maximum Gasteiger partial charge on any atom is 0.0827 e. The molecule has 0 radical (unpaired) electrons. The first-order chi connectivity index (χ1) is 5.72. The van der Waals surface area contributed by atoms with E-state index in [1.165, 1.54) is 5.57 Å². The Morgan fingerprint density at radius 3 is 3.00 bits per heavy atom. The lowest BCUT2D eigenvalue weighted by molar-refractivity contribution is 0.181. The van der Waals surface area contributed by atoms with Crippen LogP contribution in [0.15, 0.2) is 24.0 Å². The monoisotopic (exact) mass is 168 g/mol. The summed E-state index contributed by atoms with van der Waals surface area (Å²) in [4.78, 5) is 0. The van der Waals surface area contributed by atoms with Crippen LogP contribution in [0, 0.1) is 5.92 Å². The normalized spacial score (nSPS) is 30.4. The van der Waals surface area contributed by atoms with Crippen molar-refractivity contribution < 1.29 is 9.84 Å². The molecule has 0 amide bonds. The zero-order valence-corrected chi connectivity index (χ0v) is 7.66. The highest BCUT2D eigenvalue weighted by molar-refractivity contribution is 5.21. The first-order valence-electron chi connectivity index (χ1n) is 4.30. The Hall–Kier alpha value is -0.760. The Balaban J connectivity index is 2.57. The molecule has 2 heteroatoms. The molecule has 1 aliphatic carbocycles. The second-order valence-corrected chi connectivity index (χ2v) is 3.39. The van der Waals surface area contributed by atoms with Gasteiger partial charge in [-0.15, -0.1) is 0 Å². The van der Waals surface area contributed by atoms with Crippen molar-refractivity contribution in [2.24, 2.45) is 5.92 Å². The van der Waals surface area contributed by atoms with Crippen LogP contribution in [0.1, 0.15) is 19.8 Å². The van der Waals surface area contributed by atoms with E-state index in [-0.39, 0.29) is 6.10 Å². The number of allylic oxidation sites excluding steroid dienone is 2. The quantitative estimate of drug-likeness (QED) is 0.638. The molecule has 0 aliphatic heterocycles. The summed E-state index contributed by atoms with van der Waals surface area (Å²) in [5.41, 5.74) is 1.17. The van der Waals surface area contributed by atoms with Crippen molar-refractivity contribution in [1.82, 2.24) is 0 Å². The third-order valence-corrected chi connectivity index (χ3v) is 2.05. The fourth-order valence-corrected chi connectivity index (χ4v) is 1.56. The molecule has 0 aromatic carbocycles. The second kappa shape index (κ2) is 4.31. The van der Waals surface area contributed by atoms with E-state index in [0.717, 1.165) is 12.8 Å². The van der Waals surface area contributed by atoms with E-state index in [2.05, 4.69) is 6.92 Å². The fraction of sp³-hybridized carbons (Fsp3) is 0.600. The van der Waals surface area contributed by atoms with Gasteiger partial charge >= 0.3 is 0 Å². The van der Waals surface area contributed by atoms with Gasteiger partial charge < -0.3 is 9.84 Å². The summed E-state index contributed by atoms with van der Waals surface area (Å²) in [6.45, 7) is 2.15. The van der Waals surface area contributed by atoms with Gasteiger partial charge in [0.1, 0.15) is 0 Å². The van der Waals surface area contributed by atoms with E-state index < -0.39 is 0 Å².